The van der Waals surface area contributed by atoms with E-state index in [1.54, 1.807) is 0 Å². The molecule has 0 spiro atoms. The summed E-state index contributed by atoms with van der Waals surface area (Å²) in [7, 11) is 0. The summed E-state index contributed by atoms with van der Waals surface area (Å²) < 4.78 is 12.1. The fourth-order valence-electron chi connectivity index (χ4n) is 5.44. The molecule has 0 aliphatic carbocycles. The predicted molar refractivity (Wildman–Crippen MR) is 202 cm³/mol. The van der Waals surface area contributed by atoms with E-state index in [0.29, 0.717) is 6.61 Å². The molecule has 0 amide bonds. The first-order valence-electron chi connectivity index (χ1n) is 19.4. The van der Waals surface area contributed by atoms with Crippen LogP contribution in [0.1, 0.15) is 174 Å². The smallest absolute Gasteiger partial charge is 0.128 e. The molecule has 0 radical (unpaired) electrons. The predicted octanol–water partition coefficient (Wildman–Crippen LogP) is 13.6. The van der Waals surface area contributed by atoms with E-state index in [2.05, 4.69) is 62.5 Å². The summed E-state index contributed by atoms with van der Waals surface area (Å²) in [4.78, 5) is 0. The number of unbranched alkanes of at least 4 members (excludes halogenated alkanes) is 18. The molecule has 46 heavy (non-hydrogen) atoms. The third kappa shape index (κ3) is 26.9. The molecular formula is C43H72O3. The van der Waals surface area contributed by atoms with Gasteiger partial charge in [-0.05, 0) is 89.2 Å². The van der Waals surface area contributed by atoms with Crippen LogP contribution in [0.4, 0.5) is 0 Å². The third-order valence-electron chi connectivity index (χ3n) is 8.43. The molecule has 1 aromatic rings. The SMILES string of the molecule is CCCCC/C=C\C/C=C\CCCCCCCCOc1ccc(CO)c(OCCCCCCCC/C=C\C/C=C\CCCCC)c1. The van der Waals surface area contributed by atoms with Crippen molar-refractivity contribution in [2.45, 2.75) is 175 Å². The van der Waals surface area contributed by atoms with E-state index in [9.17, 15) is 5.11 Å². The Bertz CT molecular complexity index is 897. The molecule has 0 aromatic heterocycles. The van der Waals surface area contributed by atoms with Gasteiger partial charge in [0.1, 0.15) is 11.5 Å². The number of benzene rings is 1. The highest BCUT2D eigenvalue weighted by atomic mass is 16.5. The highest BCUT2D eigenvalue weighted by Crippen LogP contribution is 2.26. The molecule has 0 saturated carbocycles. The molecular weight excluding hydrogens is 564 g/mol. The zero-order valence-electron chi connectivity index (χ0n) is 30.2. The first-order chi connectivity index (χ1) is 22.8. The van der Waals surface area contributed by atoms with Crippen molar-refractivity contribution in [3.05, 3.63) is 72.4 Å². The number of hydrogen-bond acceptors (Lipinski definition) is 3. The van der Waals surface area contributed by atoms with Gasteiger partial charge in [-0.15, -0.1) is 0 Å². The summed E-state index contributed by atoms with van der Waals surface area (Å²) in [5.41, 5.74) is 0.834. The molecule has 0 atom stereocenters. The van der Waals surface area contributed by atoms with Crippen LogP contribution >= 0.6 is 0 Å². The third-order valence-corrected chi connectivity index (χ3v) is 8.43. The van der Waals surface area contributed by atoms with Crippen LogP contribution in [0.25, 0.3) is 0 Å². The van der Waals surface area contributed by atoms with Crippen LogP contribution in [-0.4, -0.2) is 18.3 Å². The van der Waals surface area contributed by atoms with Crippen molar-refractivity contribution >= 4 is 0 Å². The second-order valence-corrected chi connectivity index (χ2v) is 12.8. The van der Waals surface area contributed by atoms with Crippen molar-refractivity contribution in [1.82, 2.24) is 0 Å². The first-order valence-corrected chi connectivity index (χ1v) is 19.4. The summed E-state index contributed by atoms with van der Waals surface area (Å²) >= 11 is 0. The Morgan fingerprint density at radius 3 is 1.35 bits per heavy atom. The van der Waals surface area contributed by atoms with Gasteiger partial charge in [0.2, 0.25) is 0 Å². The number of hydrogen-bond donors (Lipinski definition) is 1. The maximum absolute atomic E-state index is 9.75. The minimum atomic E-state index is -0.00866. The lowest BCUT2D eigenvalue weighted by atomic mass is 10.1. The van der Waals surface area contributed by atoms with Gasteiger partial charge in [0, 0.05) is 11.6 Å². The molecule has 262 valence electrons. The molecule has 0 bridgehead atoms. The lowest BCUT2D eigenvalue weighted by Gasteiger charge is -2.13. The molecule has 3 nitrogen and oxygen atoms in total. The Hall–Kier alpha value is -2.26. The maximum Gasteiger partial charge on any atom is 0.128 e. The Balaban J connectivity index is 2.02. The lowest BCUT2D eigenvalue weighted by Crippen LogP contribution is -2.02. The fourth-order valence-corrected chi connectivity index (χ4v) is 5.44. The molecule has 0 heterocycles. The molecule has 0 saturated heterocycles. The van der Waals surface area contributed by atoms with Gasteiger partial charge in [0.05, 0.1) is 19.8 Å². The van der Waals surface area contributed by atoms with E-state index in [0.717, 1.165) is 49.4 Å². The second-order valence-electron chi connectivity index (χ2n) is 12.8. The van der Waals surface area contributed by atoms with Crippen LogP contribution in [0.5, 0.6) is 11.5 Å². The van der Waals surface area contributed by atoms with Crippen molar-refractivity contribution < 1.29 is 14.6 Å². The molecule has 1 N–H and O–H groups in total. The monoisotopic (exact) mass is 637 g/mol. The molecule has 0 aliphatic rings. The average molecular weight is 637 g/mol. The first kappa shape index (κ1) is 41.8. The van der Waals surface area contributed by atoms with Crippen molar-refractivity contribution in [2.24, 2.45) is 0 Å². The van der Waals surface area contributed by atoms with Crippen LogP contribution in [0.3, 0.4) is 0 Å². The molecule has 0 fully saturated rings. The van der Waals surface area contributed by atoms with Crippen LogP contribution in [0.15, 0.2) is 66.8 Å². The highest BCUT2D eigenvalue weighted by molar-refractivity contribution is 5.40. The molecule has 0 aliphatic heterocycles. The van der Waals surface area contributed by atoms with E-state index in [-0.39, 0.29) is 6.61 Å². The van der Waals surface area contributed by atoms with Gasteiger partial charge in [-0.1, -0.05) is 140 Å². The zero-order valence-corrected chi connectivity index (χ0v) is 30.2. The summed E-state index contributed by atoms with van der Waals surface area (Å²) in [6, 6.07) is 5.84. The molecule has 1 rings (SSSR count). The van der Waals surface area contributed by atoms with Gasteiger partial charge in [0.25, 0.3) is 0 Å². The van der Waals surface area contributed by atoms with Crippen molar-refractivity contribution in [1.29, 1.82) is 0 Å². The van der Waals surface area contributed by atoms with Gasteiger partial charge in [-0.25, -0.2) is 0 Å². The normalized spacial score (nSPS) is 12.1. The standard InChI is InChI=1S/C43H72O3/c1-3-5-7-9-11-13-15-17-19-21-23-25-27-29-31-33-37-45-42-36-35-41(40-44)43(39-42)46-38-34-32-30-28-26-24-22-20-18-16-14-12-10-8-6-4-2/h11-14,17-20,35-36,39,44H,3-10,15-16,21-34,37-38,40H2,1-2H3/b13-11-,14-12-,19-17-,20-18-. The Morgan fingerprint density at radius 1 is 0.478 bits per heavy atom. The van der Waals surface area contributed by atoms with Crippen molar-refractivity contribution in [3.63, 3.8) is 0 Å². The molecule has 3 heteroatoms. The van der Waals surface area contributed by atoms with E-state index < -0.39 is 0 Å². The zero-order chi connectivity index (χ0) is 33.0. The number of ether oxygens (including phenoxy) is 2. The second kappa shape index (κ2) is 34.1. The summed E-state index contributed by atoms with van der Waals surface area (Å²) in [6.07, 6.45) is 48.5. The van der Waals surface area contributed by atoms with Crippen molar-refractivity contribution in [3.8, 4) is 11.5 Å². The van der Waals surface area contributed by atoms with E-state index in [4.69, 9.17) is 9.47 Å². The number of rotatable bonds is 33. The van der Waals surface area contributed by atoms with Gasteiger partial charge in [0.15, 0.2) is 0 Å². The lowest BCUT2D eigenvalue weighted by molar-refractivity contribution is 0.257. The minimum Gasteiger partial charge on any atom is -0.493 e. The van der Waals surface area contributed by atoms with Crippen LogP contribution in [-0.2, 0) is 6.61 Å². The van der Waals surface area contributed by atoms with Gasteiger partial charge < -0.3 is 14.6 Å². The summed E-state index contributed by atoms with van der Waals surface area (Å²) in [6.45, 7) is 5.93. The Morgan fingerprint density at radius 2 is 0.891 bits per heavy atom. The van der Waals surface area contributed by atoms with Gasteiger partial charge >= 0.3 is 0 Å². The number of allylic oxidation sites excluding steroid dienone is 8. The van der Waals surface area contributed by atoms with Crippen LogP contribution in [0, 0.1) is 0 Å². The van der Waals surface area contributed by atoms with Crippen LogP contribution in [0.2, 0.25) is 0 Å². The highest BCUT2D eigenvalue weighted by Gasteiger charge is 2.06. The Labute approximate surface area is 285 Å². The number of aliphatic hydroxyl groups excluding tert-OH is 1. The summed E-state index contributed by atoms with van der Waals surface area (Å²) in [5, 5.41) is 9.75. The average Bonchev–Trinajstić information content (AvgIpc) is 3.07. The van der Waals surface area contributed by atoms with Gasteiger partial charge in [-0.2, -0.15) is 0 Å². The number of aliphatic hydroxyl groups is 1. The summed E-state index contributed by atoms with van der Waals surface area (Å²) in [5.74, 6) is 1.60. The van der Waals surface area contributed by atoms with Gasteiger partial charge in [-0.3, -0.25) is 0 Å². The van der Waals surface area contributed by atoms with Crippen LogP contribution < -0.4 is 9.47 Å². The quantitative estimate of drug-likeness (QED) is 0.0616. The van der Waals surface area contributed by atoms with E-state index >= 15 is 0 Å². The molecule has 0 unspecified atom stereocenters. The molecule has 1 aromatic carbocycles. The van der Waals surface area contributed by atoms with E-state index in [1.807, 2.05) is 18.2 Å². The topological polar surface area (TPSA) is 38.7 Å². The largest absolute Gasteiger partial charge is 0.493 e. The maximum atomic E-state index is 9.75. The Kier molecular flexibility index (Phi) is 30.9. The van der Waals surface area contributed by atoms with E-state index in [1.165, 1.54) is 128 Å². The van der Waals surface area contributed by atoms with Crippen molar-refractivity contribution in [2.75, 3.05) is 13.2 Å². The fraction of sp³-hybridized carbons (Fsp3) is 0.674. The minimum absolute atomic E-state index is 0.00866.